The molecule has 0 saturated carbocycles. The van der Waals surface area contributed by atoms with Crippen molar-refractivity contribution in [3.05, 3.63) is 59.4 Å². The van der Waals surface area contributed by atoms with Crippen LogP contribution in [-0.4, -0.2) is 17.8 Å². The summed E-state index contributed by atoms with van der Waals surface area (Å²) in [6.45, 7) is 0. The lowest BCUT2D eigenvalue weighted by atomic mass is 10.0. The fourth-order valence-corrected chi connectivity index (χ4v) is 2.47. The minimum Gasteiger partial charge on any atom is -0.326 e. The molecule has 3 rings (SSSR count). The summed E-state index contributed by atoms with van der Waals surface area (Å²) in [6, 6.07) is 9.30. The molecule has 0 aromatic heterocycles. The molecule has 6 nitrogen and oxygen atoms in total. The monoisotopic (exact) mass is 327 g/mol. The van der Waals surface area contributed by atoms with Crippen molar-refractivity contribution in [1.82, 2.24) is 5.32 Å². The average Bonchev–Trinajstić information content (AvgIpc) is 2.55. The molecule has 1 aliphatic heterocycles. The normalized spacial score (nSPS) is 12.8. The molecular formula is C17H14FN3O3. The molecule has 7 heteroatoms. The number of anilines is 2. The third-order valence-corrected chi connectivity index (χ3v) is 3.63. The molecule has 0 atom stereocenters. The van der Waals surface area contributed by atoms with Gasteiger partial charge in [-0.2, -0.15) is 0 Å². The fraction of sp³-hybridized carbons (Fsp3) is 0.118. The molecule has 0 radical (unpaired) electrons. The third-order valence-electron chi connectivity index (χ3n) is 3.63. The van der Waals surface area contributed by atoms with Crippen molar-refractivity contribution in [3.63, 3.8) is 0 Å². The molecule has 2 aromatic rings. The van der Waals surface area contributed by atoms with E-state index in [0.717, 1.165) is 17.7 Å². The zero-order valence-corrected chi connectivity index (χ0v) is 12.6. The van der Waals surface area contributed by atoms with E-state index in [9.17, 15) is 18.8 Å². The van der Waals surface area contributed by atoms with E-state index in [1.165, 1.54) is 12.1 Å². The minimum absolute atomic E-state index is 0.0735. The number of urea groups is 1. The number of amides is 4. The van der Waals surface area contributed by atoms with Crippen molar-refractivity contribution in [2.24, 2.45) is 0 Å². The predicted molar refractivity (Wildman–Crippen MR) is 86.3 cm³/mol. The van der Waals surface area contributed by atoms with Crippen LogP contribution >= 0.6 is 0 Å². The molecule has 1 aliphatic rings. The van der Waals surface area contributed by atoms with E-state index in [1.54, 1.807) is 18.2 Å². The van der Waals surface area contributed by atoms with Gasteiger partial charge in [0.2, 0.25) is 5.91 Å². The van der Waals surface area contributed by atoms with E-state index >= 15 is 0 Å². The summed E-state index contributed by atoms with van der Waals surface area (Å²) in [5, 5.41) is 7.51. The summed E-state index contributed by atoms with van der Waals surface area (Å²) in [7, 11) is 0. The number of imide groups is 1. The van der Waals surface area contributed by atoms with Crippen LogP contribution in [0.25, 0.3) is 0 Å². The van der Waals surface area contributed by atoms with Gasteiger partial charge in [0.1, 0.15) is 5.82 Å². The zero-order valence-electron chi connectivity index (χ0n) is 12.6. The highest BCUT2D eigenvalue weighted by Gasteiger charge is 2.19. The van der Waals surface area contributed by atoms with Crippen LogP contribution in [0.5, 0.6) is 0 Å². The summed E-state index contributed by atoms with van der Waals surface area (Å²) in [5.74, 6) is -1.17. The Bertz CT molecular complexity index is 818. The van der Waals surface area contributed by atoms with Crippen molar-refractivity contribution in [1.29, 1.82) is 0 Å². The van der Waals surface area contributed by atoms with E-state index in [4.69, 9.17) is 0 Å². The van der Waals surface area contributed by atoms with Crippen LogP contribution in [0.15, 0.2) is 42.5 Å². The second kappa shape index (κ2) is 6.49. The number of carbonyl (C=O) groups is 3. The van der Waals surface area contributed by atoms with Gasteiger partial charge in [-0.25, -0.2) is 9.18 Å². The largest absolute Gasteiger partial charge is 0.326 e. The van der Waals surface area contributed by atoms with Crippen molar-refractivity contribution in [2.75, 3.05) is 10.6 Å². The van der Waals surface area contributed by atoms with Crippen LogP contribution in [0.4, 0.5) is 20.6 Å². The lowest BCUT2D eigenvalue weighted by molar-refractivity contribution is -0.116. The number of fused-ring (bicyclic) bond motifs is 1. The summed E-state index contributed by atoms with van der Waals surface area (Å²) >= 11 is 0. The van der Waals surface area contributed by atoms with Crippen LogP contribution in [0.1, 0.15) is 22.3 Å². The highest BCUT2D eigenvalue weighted by atomic mass is 19.1. The van der Waals surface area contributed by atoms with E-state index in [0.29, 0.717) is 24.2 Å². The number of hydrogen-bond donors (Lipinski definition) is 3. The summed E-state index contributed by atoms with van der Waals surface area (Å²) < 4.78 is 12.8. The Morgan fingerprint density at radius 1 is 1.04 bits per heavy atom. The summed E-state index contributed by atoms with van der Waals surface area (Å²) in [5.41, 5.74) is 2.15. The molecule has 0 bridgehead atoms. The smallest absolute Gasteiger partial charge is 0.326 e. The first-order chi connectivity index (χ1) is 11.5. The van der Waals surface area contributed by atoms with Gasteiger partial charge >= 0.3 is 6.03 Å². The Morgan fingerprint density at radius 2 is 1.79 bits per heavy atom. The fourth-order valence-electron chi connectivity index (χ4n) is 2.47. The van der Waals surface area contributed by atoms with Gasteiger partial charge in [-0.3, -0.25) is 14.9 Å². The number of carbonyl (C=O) groups excluding carboxylic acids is 3. The molecule has 2 aromatic carbocycles. The van der Waals surface area contributed by atoms with Crippen LogP contribution in [0.3, 0.4) is 0 Å². The standard InChI is InChI=1S/C17H14FN3O3/c18-11-6-4-10(5-7-11)16(23)21-17(24)20-14-3-1-2-13-12(14)8-9-15(22)19-13/h1-7H,8-9H2,(H,19,22)(H2,20,21,23,24). The highest BCUT2D eigenvalue weighted by Crippen LogP contribution is 2.29. The molecule has 0 saturated heterocycles. The van der Waals surface area contributed by atoms with Gasteiger partial charge in [0.25, 0.3) is 5.91 Å². The van der Waals surface area contributed by atoms with E-state index < -0.39 is 17.8 Å². The number of rotatable bonds is 2. The van der Waals surface area contributed by atoms with Crippen molar-refractivity contribution in [3.8, 4) is 0 Å². The second-order valence-corrected chi connectivity index (χ2v) is 5.30. The Kier molecular flexibility index (Phi) is 4.24. The summed E-state index contributed by atoms with van der Waals surface area (Å²) in [4.78, 5) is 35.3. The minimum atomic E-state index is -0.699. The lowest BCUT2D eigenvalue weighted by Gasteiger charge is -2.20. The molecule has 3 N–H and O–H groups in total. The first-order valence-corrected chi connectivity index (χ1v) is 7.32. The van der Waals surface area contributed by atoms with Crippen LogP contribution in [-0.2, 0) is 11.2 Å². The number of nitrogens with one attached hydrogen (secondary N) is 3. The van der Waals surface area contributed by atoms with Gasteiger partial charge in [-0.1, -0.05) is 6.07 Å². The molecular weight excluding hydrogens is 313 g/mol. The predicted octanol–water partition coefficient (Wildman–Crippen LogP) is 2.67. The number of benzene rings is 2. The molecule has 24 heavy (non-hydrogen) atoms. The van der Waals surface area contributed by atoms with E-state index in [2.05, 4.69) is 16.0 Å². The average molecular weight is 327 g/mol. The first-order valence-electron chi connectivity index (χ1n) is 7.32. The molecule has 122 valence electrons. The first kappa shape index (κ1) is 15.7. The van der Waals surface area contributed by atoms with Gasteiger partial charge < -0.3 is 10.6 Å². The highest BCUT2D eigenvalue weighted by molar-refractivity contribution is 6.08. The topological polar surface area (TPSA) is 87.3 Å². The molecule has 4 amide bonds. The zero-order chi connectivity index (χ0) is 17.1. The van der Waals surface area contributed by atoms with Crippen molar-refractivity contribution >= 4 is 29.2 Å². The maximum absolute atomic E-state index is 12.8. The molecule has 0 aliphatic carbocycles. The second-order valence-electron chi connectivity index (χ2n) is 5.30. The number of halogens is 1. The van der Waals surface area contributed by atoms with Gasteiger partial charge in [-0.15, -0.1) is 0 Å². The van der Waals surface area contributed by atoms with Crippen molar-refractivity contribution < 1.29 is 18.8 Å². The Hall–Kier alpha value is -3.22. The summed E-state index contributed by atoms with van der Waals surface area (Å²) in [6.07, 6.45) is 0.839. The maximum atomic E-state index is 12.8. The van der Waals surface area contributed by atoms with Crippen LogP contribution in [0, 0.1) is 5.82 Å². The quantitative estimate of drug-likeness (QED) is 0.792. The molecule has 0 spiro atoms. The van der Waals surface area contributed by atoms with Crippen molar-refractivity contribution in [2.45, 2.75) is 12.8 Å². The molecule has 1 heterocycles. The Balaban J connectivity index is 1.69. The van der Waals surface area contributed by atoms with Gasteiger partial charge in [0.15, 0.2) is 0 Å². The SMILES string of the molecule is O=C1CCc2c(cccc2NC(=O)NC(=O)c2ccc(F)cc2)N1. The van der Waals surface area contributed by atoms with E-state index in [-0.39, 0.29) is 11.5 Å². The van der Waals surface area contributed by atoms with E-state index in [1.807, 2.05) is 0 Å². The van der Waals surface area contributed by atoms with Gasteiger partial charge in [0.05, 0.1) is 0 Å². The van der Waals surface area contributed by atoms with Gasteiger partial charge in [0, 0.05) is 23.4 Å². The Labute approximate surface area is 137 Å². The lowest BCUT2D eigenvalue weighted by Crippen LogP contribution is -2.34. The molecule has 0 unspecified atom stereocenters. The molecule has 0 fully saturated rings. The van der Waals surface area contributed by atoms with Crippen LogP contribution < -0.4 is 16.0 Å². The maximum Gasteiger partial charge on any atom is 0.326 e. The number of hydrogen-bond acceptors (Lipinski definition) is 3. The van der Waals surface area contributed by atoms with Gasteiger partial charge in [-0.05, 0) is 48.4 Å². The third kappa shape index (κ3) is 3.40. The Morgan fingerprint density at radius 3 is 2.54 bits per heavy atom. The van der Waals surface area contributed by atoms with Crippen LogP contribution in [0.2, 0.25) is 0 Å².